The van der Waals surface area contributed by atoms with Crippen LogP contribution < -0.4 is 5.32 Å². The van der Waals surface area contributed by atoms with Gasteiger partial charge in [0, 0.05) is 37.3 Å². The lowest BCUT2D eigenvalue weighted by Crippen LogP contribution is -2.39. The maximum Gasteiger partial charge on any atom is 0.273 e. The molecule has 5 rings (SSSR count). The summed E-state index contributed by atoms with van der Waals surface area (Å²) in [6, 6.07) is 1.73. The number of nitrogens with one attached hydrogen (secondary N) is 1. The molecule has 0 saturated heterocycles. The third-order valence-corrected chi connectivity index (χ3v) is 4.88. The van der Waals surface area contributed by atoms with Crippen LogP contribution in [0.4, 0.5) is 0 Å². The fourth-order valence-corrected chi connectivity index (χ4v) is 3.21. The Hall–Kier alpha value is -3.01. The minimum atomic E-state index is -0.255. The van der Waals surface area contributed by atoms with E-state index in [2.05, 4.69) is 25.9 Å². The summed E-state index contributed by atoms with van der Waals surface area (Å²) in [7, 11) is 1.86. The standard InChI is InChI=1S/C17H19N7O3/c1-23-7-11(5-19-23)16-14-9-26-12(8-24(14)22-20-16)6-18-17(25)13-4-15(27-21-13)10-2-3-10/h4-5,7,10,12H,2-3,6,8-9H2,1H3,(H,18,25). The number of hydrogen-bond acceptors (Lipinski definition) is 7. The summed E-state index contributed by atoms with van der Waals surface area (Å²) in [4.78, 5) is 12.2. The van der Waals surface area contributed by atoms with Crippen LogP contribution in [0, 0.1) is 0 Å². The van der Waals surface area contributed by atoms with Gasteiger partial charge in [-0.2, -0.15) is 5.10 Å². The van der Waals surface area contributed by atoms with Crippen molar-refractivity contribution in [1.82, 2.24) is 35.2 Å². The highest BCUT2D eigenvalue weighted by atomic mass is 16.5. The summed E-state index contributed by atoms with van der Waals surface area (Å²) >= 11 is 0. The first-order valence-electron chi connectivity index (χ1n) is 8.95. The van der Waals surface area contributed by atoms with Gasteiger partial charge in [-0.05, 0) is 12.8 Å². The highest BCUT2D eigenvalue weighted by Crippen LogP contribution is 2.40. The van der Waals surface area contributed by atoms with Crippen LogP contribution in [0.1, 0.15) is 40.7 Å². The number of carbonyl (C=O) groups excluding carboxylic acids is 1. The Kier molecular flexibility index (Phi) is 3.78. The lowest BCUT2D eigenvalue weighted by molar-refractivity contribution is 0.00172. The Morgan fingerprint density at radius 1 is 1.41 bits per heavy atom. The molecule has 3 aromatic heterocycles. The van der Waals surface area contributed by atoms with Crippen molar-refractivity contribution in [2.45, 2.75) is 38.0 Å². The monoisotopic (exact) mass is 369 g/mol. The third kappa shape index (κ3) is 3.12. The third-order valence-electron chi connectivity index (χ3n) is 4.88. The molecule has 10 nitrogen and oxygen atoms in total. The van der Waals surface area contributed by atoms with Crippen molar-refractivity contribution in [3.63, 3.8) is 0 Å². The maximum atomic E-state index is 12.2. The molecule has 3 aromatic rings. The van der Waals surface area contributed by atoms with Crippen molar-refractivity contribution in [2.75, 3.05) is 6.54 Å². The van der Waals surface area contributed by atoms with Crippen LogP contribution in [0.25, 0.3) is 11.3 Å². The smallest absolute Gasteiger partial charge is 0.273 e. The predicted molar refractivity (Wildman–Crippen MR) is 91.6 cm³/mol. The second-order valence-corrected chi connectivity index (χ2v) is 7.00. The molecule has 10 heteroatoms. The van der Waals surface area contributed by atoms with Gasteiger partial charge in [-0.1, -0.05) is 10.4 Å². The van der Waals surface area contributed by atoms with Gasteiger partial charge in [-0.15, -0.1) is 5.10 Å². The largest absolute Gasteiger partial charge is 0.368 e. The fraction of sp³-hybridized carbons (Fsp3) is 0.471. The molecule has 1 amide bonds. The molecule has 1 saturated carbocycles. The maximum absolute atomic E-state index is 12.2. The number of aromatic nitrogens is 6. The Bertz CT molecular complexity index is 984. The molecule has 1 fully saturated rings. The Morgan fingerprint density at radius 3 is 3.07 bits per heavy atom. The number of rotatable bonds is 5. The summed E-state index contributed by atoms with van der Waals surface area (Å²) in [6.45, 7) is 1.27. The van der Waals surface area contributed by atoms with Crippen LogP contribution >= 0.6 is 0 Å². The SMILES string of the molecule is Cn1cc(-c2nnn3c2COC(CNC(=O)c2cc(C4CC4)on2)C3)cn1. The zero-order chi connectivity index (χ0) is 18.4. The van der Waals surface area contributed by atoms with Gasteiger partial charge in [-0.25, -0.2) is 4.68 Å². The van der Waals surface area contributed by atoms with E-state index in [0.29, 0.717) is 31.3 Å². The van der Waals surface area contributed by atoms with Crippen molar-refractivity contribution in [1.29, 1.82) is 0 Å². The van der Waals surface area contributed by atoms with Gasteiger partial charge in [0.05, 0.1) is 31.1 Å². The van der Waals surface area contributed by atoms with E-state index in [0.717, 1.165) is 35.6 Å². The average Bonchev–Trinajstić information content (AvgIpc) is 3.08. The zero-order valence-corrected chi connectivity index (χ0v) is 14.8. The number of amides is 1. The number of nitrogens with zero attached hydrogens (tertiary/aromatic N) is 6. The average molecular weight is 369 g/mol. The molecule has 140 valence electrons. The molecule has 0 radical (unpaired) electrons. The van der Waals surface area contributed by atoms with Crippen molar-refractivity contribution in [3.05, 3.63) is 35.6 Å². The second kappa shape index (κ2) is 6.31. The van der Waals surface area contributed by atoms with E-state index in [4.69, 9.17) is 9.26 Å². The van der Waals surface area contributed by atoms with Gasteiger partial charge >= 0.3 is 0 Å². The minimum absolute atomic E-state index is 0.181. The first kappa shape index (κ1) is 16.2. The zero-order valence-electron chi connectivity index (χ0n) is 14.8. The van der Waals surface area contributed by atoms with Gasteiger partial charge in [0.2, 0.25) is 0 Å². The highest BCUT2D eigenvalue weighted by Gasteiger charge is 2.29. The van der Waals surface area contributed by atoms with E-state index in [-0.39, 0.29) is 12.0 Å². The van der Waals surface area contributed by atoms with E-state index >= 15 is 0 Å². The molecule has 0 aromatic carbocycles. The molecule has 1 N–H and O–H groups in total. The Labute approximate surface area is 154 Å². The van der Waals surface area contributed by atoms with Crippen LogP contribution in [0.15, 0.2) is 23.0 Å². The van der Waals surface area contributed by atoms with Crippen molar-refractivity contribution in [3.8, 4) is 11.3 Å². The van der Waals surface area contributed by atoms with E-state index in [1.807, 2.05) is 17.9 Å². The van der Waals surface area contributed by atoms with Crippen molar-refractivity contribution < 1.29 is 14.1 Å². The van der Waals surface area contributed by atoms with Crippen LogP contribution in [0.5, 0.6) is 0 Å². The molecule has 2 aliphatic rings. The molecular weight excluding hydrogens is 350 g/mol. The van der Waals surface area contributed by atoms with Crippen LogP contribution in [0.3, 0.4) is 0 Å². The van der Waals surface area contributed by atoms with Crippen LogP contribution in [-0.2, 0) is 24.9 Å². The van der Waals surface area contributed by atoms with E-state index in [9.17, 15) is 4.79 Å². The molecule has 0 bridgehead atoms. The van der Waals surface area contributed by atoms with Crippen molar-refractivity contribution in [2.24, 2.45) is 7.05 Å². The predicted octanol–water partition coefficient (Wildman–Crippen LogP) is 0.873. The summed E-state index contributed by atoms with van der Waals surface area (Å²) in [5.74, 6) is 0.972. The molecule has 1 aliphatic carbocycles. The van der Waals surface area contributed by atoms with Gasteiger partial charge < -0.3 is 14.6 Å². The molecular formula is C17H19N7O3. The first-order chi connectivity index (χ1) is 13.2. The summed E-state index contributed by atoms with van der Waals surface area (Å²) < 4.78 is 14.7. The lowest BCUT2D eigenvalue weighted by atomic mass is 10.2. The van der Waals surface area contributed by atoms with E-state index < -0.39 is 0 Å². The van der Waals surface area contributed by atoms with Crippen molar-refractivity contribution >= 4 is 5.91 Å². The minimum Gasteiger partial charge on any atom is -0.368 e. The molecule has 1 atom stereocenters. The lowest BCUT2D eigenvalue weighted by Gasteiger charge is -2.24. The molecule has 0 spiro atoms. The van der Waals surface area contributed by atoms with Gasteiger partial charge in [-0.3, -0.25) is 9.48 Å². The van der Waals surface area contributed by atoms with E-state index in [1.54, 1.807) is 16.9 Å². The molecule has 27 heavy (non-hydrogen) atoms. The summed E-state index contributed by atoms with van der Waals surface area (Å²) in [5.41, 5.74) is 2.91. The number of aryl methyl sites for hydroxylation is 1. The van der Waals surface area contributed by atoms with E-state index in [1.165, 1.54) is 0 Å². The number of fused-ring (bicyclic) bond motifs is 1. The van der Waals surface area contributed by atoms with Gasteiger partial charge in [0.25, 0.3) is 5.91 Å². The fourth-order valence-electron chi connectivity index (χ4n) is 3.21. The van der Waals surface area contributed by atoms with Crippen LogP contribution in [-0.4, -0.2) is 48.5 Å². The normalized spacial score (nSPS) is 19.1. The molecule has 1 unspecified atom stereocenters. The number of carbonyl (C=O) groups is 1. The second-order valence-electron chi connectivity index (χ2n) is 7.00. The summed E-state index contributed by atoms with van der Waals surface area (Å²) in [6.07, 6.45) is 5.68. The number of ether oxygens (including phenoxy) is 1. The van der Waals surface area contributed by atoms with Gasteiger partial charge in [0.1, 0.15) is 11.5 Å². The van der Waals surface area contributed by atoms with Gasteiger partial charge in [0.15, 0.2) is 5.69 Å². The quantitative estimate of drug-likeness (QED) is 0.710. The summed E-state index contributed by atoms with van der Waals surface area (Å²) in [5, 5.41) is 19.3. The van der Waals surface area contributed by atoms with Crippen LogP contribution in [0.2, 0.25) is 0 Å². The topological polar surface area (TPSA) is 113 Å². The Morgan fingerprint density at radius 2 is 2.30 bits per heavy atom. The highest BCUT2D eigenvalue weighted by molar-refractivity contribution is 5.92. The molecule has 4 heterocycles. The molecule has 1 aliphatic heterocycles. The first-order valence-corrected chi connectivity index (χ1v) is 8.95. The number of hydrogen-bond donors (Lipinski definition) is 1. The Balaban J connectivity index is 1.21.